The van der Waals surface area contributed by atoms with Crippen molar-refractivity contribution in [1.82, 2.24) is 0 Å². The smallest absolute Gasteiger partial charge is 0.136 e. The number of carbonyl (C=O) groups excluding carboxylic acids is 1. The highest BCUT2D eigenvalue weighted by Crippen LogP contribution is 2.39. The van der Waals surface area contributed by atoms with Gasteiger partial charge >= 0.3 is 0 Å². The van der Waals surface area contributed by atoms with E-state index in [9.17, 15) is 4.79 Å². The van der Waals surface area contributed by atoms with Crippen molar-refractivity contribution in [3.63, 3.8) is 0 Å². The first kappa shape index (κ1) is 8.42. The van der Waals surface area contributed by atoms with E-state index >= 15 is 0 Å². The molecule has 1 fully saturated rings. The number of rotatable bonds is 0. The molecule has 3 rings (SSSR count). The molecule has 0 N–H and O–H groups in total. The number of carbonyl (C=O) groups is 1. The molecule has 0 bridgehead atoms. The largest absolute Gasteiger partial charge is 0.365 e. The van der Waals surface area contributed by atoms with Crippen LogP contribution in [0.4, 0.5) is 0 Å². The molecule has 2 heteroatoms. The van der Waals surface area contributed by atoms with Gasteiger partial charge in [-0.2, -0.15) is 0 Å². The molecule has 1 saturated carbocycles. The molecule has 1 aliphatic heterocycles. The number of ketones is 1. The van der Waals surface area contributed by atoms with E-state index in [4.69, 9.17) is 4.74 Å². The molecule has 0 amide bonds. The molecule has 0 aromatic rings. The Morgan fingerprint density at radius 3 is 3.14 bits per heavy atom. The molecule has 2 atom stereocenters. The monoisotopic (exact) mass is 190 g/mol. The minimum atomic E-state index is 0.124. The van der Waals surface area contributed by atoms with Crippen molar-refractivity contribution in [2.75, 3.05) is 0 Å². The average molecular weight is 190 g/mol. The highest BCUT2D eigenvalue weighted by molar-refractivity contribution is 5.81. The van der Waals surface area contributed by atoms with Crippen molar-refractivity contribution in [3.05, 3.63) is 23.3 Å². The maximum atomic E-state index is 11.3. The fraction of sp³-hybridized carbons (Fsp3) is 0.583. The lowest BCUT2D eigenvalue weighted by Gasteiger charge is -2.19. The summed E-state index contributed by atoms with van der Waals surface area (Å²) in [5.74, 6) is 0.363. The molecule has 2 aliphatic carbocycles. The molecule has 0 radical (unpaired) electrons. The minimum absolute atomic E-state index is 0.124. The second-order valence-electron chi connectivity index (χ2n) is 4.32. The Kier molecular flexibility index (Phi) is 1.84. The molecule has 3 aliphatic rings. The van der Waals surface area contributed by atoms with Gasteiger partial charge in [0.2, 0.25) is 0 Å². The van der Waals surface area contributed by atoms with Gasteiger partial charge < -0.3 is 4.74 Å². The molecule has 2 unspecified atom stereocenters. The Morgan fingerprint density at radius 2 is 2.21 bits per heavy atom. The molecule has 0 spiro atoms. The van der Waals surface area contributed by atoms with Crippen molar-refractivity contribution < 1.29 is 9.53 Å². The van der Waals surface area contributed by atoms with Crippen molar-refractivity contribution in [1.29, 1.82) is 0 Å². The summed E-state index contributed by atoms with van der Waals surface area (Å²) in [4.78, 5) is 11.3. The summed E-state index contributed by atoms with van der Waals surface area (Å²) in [6.45, 7) is 0. The zero-order valence-electron chi connectivity index (χ0n) is 8.16. The Morgan fingerprint density at radius 1 is 1.29 bits per heavy atom. The average Bonchev–Trinajstić information content (AvgIpc) is 2.54. The fourth-order valence-electron chi connectivity index (χ4n) is 2.70. The molecule has 0 saturated heterocycles. The summed E-state index contributed by atoms with van der Waals surface area (Å²) in [5.41, 5.74) is 2.79. The van der Waals surface area contributed by atoms with Gasteiger partial charge in [-0.05, 0) is 30.4 Å². The van der Waals surface area contributed by atoms with Gasteiger partial charge in [-0.15, -0.1) is 0 Å². The second kappa shape index (κ2) is 3.06. The van der Waals surface area contributed by atoms with E-state index in [2.05, 4.69) is 12.2 Å². The van der Waals surface area contributed by atoms with Gasteiger partial charge in [-0.1, -0.05) is 12.2 Å². The first-order chi connectivity index (χ1) is 6.84. The van der Waals surface area contributed by atoms with Crippen molar-refractivity contribution >= 4 is 5.78 Å². The van der Waals surface area contributed by atoms with Crippen LogP contribution >= 0.6 is 0 Å². The maximum absolute atomic E-state index is 11.3. The summed E-state index contributed by atoms with van der Waals surface area (Å²) in [6, 6.07) is 0. The van der Waals surface area contributed by atoms with Crippen molar-refractivity contribution in [2.24, 2.45) is 0 Å². The third-order valence-electron chi connectivity index (χ3n) is 3.41. The number of ether oxygens (including phenoxy) is 1. The molecular weight excluding hydrogens is 176 g/mol. The zero-order chi connectivity index (χ0) is 9.54. The van der Waals surface area contributed by atoms with Crippen LogP contribution < -0.4 is 0 Å². The molecule has 0 aromatic carbocycles. The lowest BCUT2D eigenvalue weighted by atomic mass is 9.87. The predicted molar refractivity (Wildman–Crippen MR) is 52.9 cm³/mol. The SMILES string of the molecule is O=C1CCC2=C3C=CCCC3OC2C1. The normalized spacial score (nSPS) is 35.9. The molecular formula is C12H14O2. The molecule has 74 valence electrons. The topological polar surface area (TPSA) is 26.3 Å². The maximum Gasteiger partial charge on any atom is 0.136 e. The van der Waals surface area contributed by atoms with E-state index in [0.717, 1.165) is 25.7 Å². The summed E-state index contributed by atoms with van der Waals surface area (Å²) in [7, 11) is 0. The van der Waals surface area contributed by atoms with Gasteiger partial charge in [0.05, 0.1) is 12.2 Å². The zero-order valence-corrected chi connectivity index (χ0v) is 8.16. The molecule has 2 nitrogen and oxygen atoms in total. The lowest BCUT2D eigenvalue weighted by molar-refractivity contribution is -0.122. The number of Topliss-reactive ketones (excluding diaryl/α,β-unsaturated/α-hetero) is 1. The van der Waals surface area contributed by atoms with Crippen LogP contribution in [0, 0.1) is 0 Å². The predicted octanol–water partition coefficient (Wildman–Crippen LogP) is 2.15. The Labute approximate surface area is 83.6 Å². The van der Waals surface area contributed by atoms with Crippen LogP contribution in [0.15, 0.2) is 23.3 Å². The lowest BCUT2D eigenvalue weighted by Crippen LogP contribution is -2.23. The van der Waals surface area contributed by atoms with Crippen molar-refractivity contribution in [2.45, 2.75) is 44.3 Å². The third-order valence-corrected chi connectivity index (χ3v) is 3.41. The first-order valence-corrected chi connectivity index (χ1v) is 5.41. The van der Waals surface area contributed by atoms with E-state index in [1.165, 1.54) is 11.1 Å². The van der Waals surface area contributed by atoms with Crippen LogP contribution in [0.2, 0.25) is 0 Å². The summed E-state index contributed by atoms with van der Waals surface area (Å²) in [6.07, 6.45) is 9.33. The Hall–Kier alpha value is -0.890. The Balaban J connectivity index is 1.95. The van der Waals surface area contributed by atoms with E-state index in [0.29, 0.717) is 18.3 Å². The molecule has 14 heavy (non-hydrogen) atoms. The Bertz CT molecular complexity index is 338. The third kappa shape index (κ3) is 1.17. The van der Waals surface area contributed by atoms with E-state index < -0.39 is 0 Å². The highest BCUT2D eigenvalue weighted by atomic mass is 16.5. The van der Waals surface area contributed by atoms with Crippen LogP contribution in [0.25, 0.3) is 0 Å². The first-order valence-electron chi connectivity index (χ1n) is 5.41. The summed E-state index contributed by atoms with van der Waals surface area (Å²) < 4.78 is 5.89. The van der Waals surface area contributed by atoms with Crippen molar-refractivity contribution in [3.8, 4) is 0 Å². The summed E-state index contributed by atoms with van der Waals surface area (Å²) >= 11 is 0. The van der Waals surface area contributed by atoms with Gasteiger partial charge in [0.1, 0.15) is 5.78 Å². The standard InChI is InChI=1S/C12H14O2/c13-8-5-6-10-9-3-1-2-4-11(9)14-12(10)7-8/h1,3,11-12H,2,4-7H2. The van der Waals surface area contributed by atoms with Gasteiger partial charge in [-0.25, -0.2) is 0 Å². The van der Waals surface area contributed by atoms with Gasteiger partial charge in [0.15, 0.2) is 0 Å². The van der Waals surface area contributed by atoms with Crippen LogP contribution in [0.5, 0.6) is 0 Å². The minimum Gasteiger partial charge on any atom is -0.365 e. The molecule has 0 aromatic heterocycles. The van der Waals surface area contributed by atoms with Gasteiger partial charge in [-0.3, -0.25) is 4.79 Å². The number of hydrogen-bond donors (Lipinski definition) is 0. The van der Waals surface area contributed by atoms with E-state index in [-0.39, 0.29) is 6.10 Å². The van der Waals surface area contributed by atoms with Gasteiger partial charge in [0, 0.05) is 12.8 Å². The molecule has 1 heterocycles. The summed E-state index contributed by atoms with van der Waals surface area (Å²) in [5, 5.41) is 0. The quantitative estimate of drug-likeness (QED) is 0.585. The number of fused-ring (bicyclic) bond motifs is 2. The number of allylic oxidation sites excluding steroid dienone is 1. The highest BCUT2D eigenvalue weighted by Gasteiger charge is 2.37. The van der Waals surface area contributed by atoms with Crippen LogP contribution in [-0.4, -0.2) is 18.0 Å². The van der Waals surface area contributed by atoms with Crippen LogP contribution in [0.1, 0.15) is 32.1 Å². The van der Waals surface area contributed by atoms with Crippen LogP contribution in [-0.2, 0) is 9.53 Å². The van der Waals surface area contributed by atoms with E-state index in [1.807, 2.05) is 0 Å². The van der Waals surface area contributed by atoms with Crippen LogP contribution in [0.3, 0.4) is 0 Å². The fourth-order valence-corrected chi connectivity index (χ4v) is 2.70. The van der Waals surface area contributed by atoms with Gasteiger partial charge in [0.25, 0.3) is 0 Å². The second-order valence-corrected chi connectivity index (χ2v) is 4.32. The number of hydrogen-bond acceptors (Lipinski definition) is 2. The van der Waals surface area contributed by atoms with E-state index in [1.54, 1.807) is 0 Å².